The molecule has 2 rings (SSSR count). The highest BCUT2D eigenvalue weighted by atomic mass is 19.1. The lowest BCUT2D eigenvalue weighted by molar-refractivity contribution is 0.122. The van der Waals surface area contributed by atoms with Crippen molar-refractivity contribution in [1.29, 1.82) is 0 Å². The number of nitrogens with one attached hydrogen (secondary N) is 1. The van der Waals surface area contributed by atoms with E-state index in [1.165, 1.54) is 6.07 Å². The highest BCUT2D eigenvalue weighted by Gasteiger charge is 2.15. The van der Waals surface area contributed by atoms with Crippen molar-refractivity contribution >= 4 is 5.69 Å². The molecule has 100 valence electrons. The fraction of sp³-hybridized carbons (Fsp3) is 0.571. The summed E-state index contributed by atoms with van der Waals surface area (Å²) in [7, 11) is 0. The Morgan fingerprint density at radius 2 is 2.06 bits per heavy atom. The molecule has 3 nitrogen and oxygen atoms in total. The molecule has 1 aromatic carbocycles. The van der Waals surface area contributed by atoms with Crippen LogP contribution in [0.25, 0.3) is 0 Å². The summed E-state index contributed by atoms with van der Waals surface area (Å²) in [6, 6.07) is 5.42. The summed E-state index contributed by atoms with van der Waals surface area (Å²) in [6.07, 6.45) is 0. The minimum absolute atomic E-state index is 0.174. The van der Waals surface area contributed by atoms with E-state index in [9.17, 15) is 4.39 Å². The van der Waals surface area contributed by atoms with Gasteiger partial charge in [0.05, 0.1) is 13.2 Å². The van der Waals surface area contributed by atoms with Crippen LogP contribution in [-0.4, -0.2) is 32.3 Å². The van der Waals surface area contributed by atoms with Gasteiger partial charge in [0.25, 0.3) is 0 Å². The summed E-state index contributed by atoms with van der Waals surface area (Å²) in [5.41, 5.74) is 2.14. The van der Waals surface area contributed by atoms with Gasteiger partial charge in [-0.15, -0.1) is 0 Å². The monoisotopic (exact) mass is 252 g/mol. The highest BCUT2D eigenvalue weighted by molar-refractivity contribution is 5.54. The number of ether oxygens (including phenoxy) is 1. The number of hydrogen-bond donors (Lipinski definition) is 1. The van der Waals surface area contributed by atoms with E-state index in [-0.39, 0.29) is 5.82 Å². The van der Waals surface area contributed by atoms with Gasteiger partial charge in [0, 0.05) is 31.4 Å². The Bertz CT molecular complexity index is 389. The lowest BCUT2D eigenvalue weighted by Crippen LogP contribution is -2.37. The molecular weight excluding hydrogens is 231 g/mol. The summed E-state index contributed by atoms with van der Waals surface area (Å²) in [5, 5.41) is 3.34. The second-order valence-corrected chi connectivity index (χ2v) is 4.91. The van der Waals surface area contributed by atoms with Gasteiger partial charge in [-0.25, -0.2) is 4.39 Å². The molecule has 0 atom stereocenters. The molecule has 0 unspecified atom stereocenters. The lowest BCUT2D eigenvalue weighted by Gasteiger charge is -2.31. The fourth-order valence-electron chi connectivity index (χ4n) is 2.12. The van der Waals surface area contributed by atoms with E-state index in [4.69, 9.17) is 4.74 Å². The quantitative estimate of drug-likeness (QED) is 0.888. The molecule has 0 aromatic heterocycles. The van der Waals surface area contributed by atoms with Gasteiger partial charge in [0.1, 0.15) is 5.82 Å². The van der Waals surface area contributed by atoms with Crippen LogP contribution < -0.4 is 10.2 Å². The third kappa shape index (κ3) is 3.43. The number of hydrogen-bond acceptors (Lipinski definition) is 3. The van der Waals surface area contributed by atoms with Gasteiger partial charge in [-0.3, -0.25) is 0 Å². The Hall–Kier alpha value is -1.13. The van der Waals surface area contributed by atoms with Crippen LogP contribution >= 0.6 is 0 Å². The van der Waals surface area contributed by atoms with Crippen molar-refractivity contribution < 1.29 is 9.13 Å². The van der Waals surface area contributed by atoms with Crippen LogP contribution in [-0.2, 0) is 11.3 Å². The van der Waals surface area contributed by atoms with E-state index in [0.29, 0.717) is 12.6 Å². The second kappa shape index (κ2) is 6.16. The Labute approximate surface area is 108 Å². The maximum Gasteiger partial charge on any atom is 0.123 e. The van der Waals surface area contributed by atoms with Gasteiger partial charge in [0.15, 0.2) is 0 Å². The molecule has 1 fully saturated rings. The number of anilines is 1. The standard InChI is InChI=1S/C14H21FN2O/c1-11(2)16-10-12-9-13(15)3-4-14(12)17-5-7-18-8-6-17/h3-4,9,11,16H,5-8,10H2,1-2H3. The molecule has 0 bridgehead atoms. The fourth-order valence-corrected chi connectivity index (χ4v) is 2.12. The Morgan fingerprint density at radius 3 is 2.72 bits per heavy atom. The van der Waals surface area contributed by atoms with Crippen LogP contribution in [0.15, 0.2) is 18.2 Å². The first-order chi connectivity index (χ1) is 8.66. The predicted molar refractivity (Wildman–Crippen MR) is 71.4 cm³/mol. The van der Waals surface area contributed by atoms with Gasteiger partial charge >= 0.3 is 0 Å². The zero-order chi connectivity index (χ0) is 13.0. The number of benzene rings is 1. The molecule has 0 amide bonds. The van der Waals surface area contributed by atoms with Gasteiger partial charge in [-0.2, -0.15) is 0 Å². The van der Waals surface area contributed by atoms with Crippen LogP contribution in [0, 0.1) is 5.82 Å². The van der Waals surface area contributed by atoms with E-state index < -0.39 is 0 Å². The van der Waals surface area contributed by atoms with E-state index >= 15 is 0 Å². The van der Waals surface area contributed by atoms with Crippen molar-refractivity contribution in [3.8, 4) is 0 Å². The van der Waals surface area contributed by atoms with Crippen molar-refractivity contribution in [2.75, 3.05) is 31.2 Å². The first kappa shape index (κ1) is 13.3. The summed E-state index contributed by atoms with van der Waals surface area (Å²) in [6.45, 7) is 8.12. The van der Waals surface area contributed by atoms with Gasteiger partial charge < -0.3 is 15.0 Å². The second-order valence-electron chi connectivity index (χ2n) is 4.91. The zero-order valence-corrected chi connectivity index (χ0v) is 11.1. The predicted octanol–water partition coefficient (Wildman–Crippen LogP) is 2.16. The van der Waals surface area contributed by atoms with Crippen molar-refractivity contribution in [2.45, 2.75) is 26.4 Å². The third-order valence-corrected chi connectivity index (χ3v) is 3.09. The largest absolute Gasteiger partial charge is 0.378 e. The Kier molecular flexibility index (Phi) is 4.55. The molecule has 1 aliphatic heterocycles. The number of rotatable bonds is 4. The number of morpholine rings is 1. The molecule has 1 saturated heterocycles. The van der Waals surface area contributed by atoms with Crippen molar-refractivity contribution in [3.05, 3.63) is 29.6 Å². The van der Waals surface area contributed by atoms with E-state index in [0.717, 1.165) is 37.6 Å². The molecule has 1 N–H and O–H groups in total. The van der Waals surface area contributed by atoms with Crippen molar-refractivity contribution in [3.63, 3.8) is 0 Å². The van der Waals surface area contributed by atoms with Crippen molar-refractivity contribution in [2.24, 2.45) is 0 Å². The Morgan fingerprint density at radius 1 is 1.33 bits per heavy atom. The minimum Gasteiger partial charge on any atom is -0.378 e. The van der Waals surface area contributed by atoms with Gasteiger partial charge in [-0.05, 0) is 23.8 Å². The minimum atomic E-state index is -0.174. The average Bonchev–Trinajstić information content (AvgIpc) is 2.37. The maximum absolute atomic E-state index is 13.4. The molecule has 0 radical (unpaired) electrons. The lowest BCUT2D eigenvalue weighted by atomic mass is 10.1. The topological polar surface area (TPSA) is 24.5 Å². The summed E-state index contributed by atoms with van der Waals surface area (Å²) in [5.74, 6) is -0.174. The SMILES string of the molecule is CC(C)NCc1cc(F)ccc1N1CCOCC1. The molecule has 1 aromatic rings. The van der Waals surface area contributed by atoms with Gasteiger partial charge in [0.2, 0.25) is 0 Å². The van der Waals surface area contributed by atoms with Crippen molar-refractivity contribution in [1.82, 2.24) is 5.32 Å². The molecule has 1 aliphatic rings. The molecule has 1 heterocycles. The normalized spacial score (nSPS) is 16.3. The van der Waals surface area contributed by atoms with Crippen LogP contribution in [0.3, 0.4) is 0 Å². The van der Waals surface area contributed by atoms with E-state index in [2.05, 4.69) is 24.1 Å². The van der Waals surface area contributed by atoms with Crippen LogP contribution in [0.1, 0.15) is 19.4 Å². The molecule has 18 heavy (non-hydrogen) atoms. The summed E-state index contributed by atoms with van der Waals surface area (Å²) in [4.78, 5) is 2.26. The number of nitrogens with zero attached hydrogens (tertiary/aromatic N) is 1. The molecular formula is C14H21FN2O. The summed E-state index contributed by atoms with van der Waals surface area (Å²) >= 11 is 0. The maximum atomic E-state index is 13.4. The van der Waals surface area contributed by atoms with Crippen LogP contribution in [0.4, 0.5) is 10.1 Å². The zero-order valence-electron chi connectivity index (χ0n) is 11.1. The van der Waals surface area contributed by atoms with Crippen LogP contribution in [0.5, 0.6) is 0 Å². The molecule has 0 saturated carbocycles. The smallest absolute Gasteiger partial charge is 0.123 e. The van der Waals surface area contributed by atoms with E-state index in [1.807, 2.05) is 6.07 Å². The number of halogens is 1. The van der Waals surface area contributed by atoms with Crippen LogP contribution in [0.2, 0.25) is 0 Å². The van der Waals surface area contributed by atoms with Gasteiger partial charge in [-0.1, -0.05) is 13.8 Å². The first-order valence-corrected chi connectivity index (χ1v) is 6.51. The molecule has 4 heteroatoms. The molecule has 0 spiro atoms. The molecule has 0 aliphatic carbocycles. The Balaban J connectivity index is 2.16. The first-order valence-electron chi connectivity index (χ1n) is 6.51. The third-order valence-electron chi connectivity index (χ3n) is 3.09. The average molecular weight is 252 g/mol. The highest BCUT2D eigenvalue weighted by Crippen LogP contribution is 2.22. The van der Waals surface area contributed by atoms with E-state index in [1.54, 1.807) is 6.07 Å². The summed E-state index contributed by atoms with van der Waals surface area (Å²) < 4.78 is 18.7.